The second kappa shape index (κ2) is 6.48. The zero-order valence-electron chi connectivity index (χ0n) is 9.89. The first-order chi connectivity index (χ1) is 7.53. The summed E-state index contributed by atoms with van der Waals surface area (Å²) in [5.41, 5.74) is 1.51. The molecule has 0 aliphatic carbocycles. The molecule has 16 heavy (non-hydrogen) atoms. The van der Waals surface area contributed by atoms with Gasteiger partial charge in [0.25, 0.3) is 0 Å². The van der Waals surface area contributed by atoms with Gasteiger partial charge in [-0.1, -0.05) is 37.6 Å². The fraction of sp³-hybridized carbons (Fsp3) is 0.538. The van der Waals surface area contributed by atoms with E-state index in [0.717, 1.165) is 30.4 Å². The van der Waals surface area contributed by atoms with Crippen LogP contribution in [0.2, 0.25) is 5.02 Å². The van der Waals surface area contributed by atoms with E-state index in [-0.39, 0.29) is 5.41 Å². The van der Waals surface area contributed by atoms with E-state index in [1.807, 2.05) is 24.3 Å². The Morgan fingerprint density at radius 3 is 2.38 bits per heavy atom. The molecular formula is C13H19Cl2N. The molecular weight excluding hydrogens is 241 g/mol. The molecule has 1 aromatic rings. The van der Waals surface area contributed by atoms with Crippen LogP contribution in [0.3, 0.4) is 0 Å². The van der Waals surface area contributed by atoms with Crippen molar-refractivity contribution in [2.75, 3.05) is 12.4 Å². The summed E-state index contributed by atoms with van der Waals surface area (Å²) in [6.07, 6.45) is 1.03. The van der Waals surface area contributed by atoms with Crippen molar-refractivity contribution in [1.82, 2.24) is 5.32 Å². The summed E-state index contributed by atoms with van der Waals surface area (Å²) in [4.78, 5) is 0. The minimum Gasteiger partial charge on any atom is -0.312 e. The van der Waals surface area contributed by atoms with Crippen molar-refractivity contribution in [2.45, 2.75) is 26.8 Å². The Morgan fingerprint density at radius 2 is 1.81 bits per heavy atom. The minimum absolute atomic E-state index is 0.258. The summed E-state index contributed by atoms with van der Waals surface area (Å²) >= 11 is 11.6. The molecule has 0 aliphatic heterocycles. The van der Waals surface area contributed by atoms with Crippen molar-refractivity contribution in [3.8, 4) is 0 Å². The third kappa shape index (κ3) is 5.20. The minimum atomic E-state index is 0.258. The first-order valence-electron chi connectivity index (χ1n) is 5.55. The highest BCUT2D eigenvalue weighted by Crippen LogP contribution is 2.19. The van der Waals surface area contributed by atoms with Crippen molar-refractivity contribution >= 4 is 23.2 Å². The van der Waals surface area contributed by atoms with E-state index in [1.165, 1.54) is 5.56 Å². The van der Waals surface area contributed by atoms with Gasteiger partial charge < -0.3 is 5.32 Å². The lowest BCUT2D eigenvalue weighted by molar-refractivity contribution is 0.329. The van der Waals surface area contributed by atoms with Crippen LogP contribution >= 0.6 is 23.2 Å². The first kappa shape index (κ1) is 13.8. The zero-order chi connectivity index (χ0) is 12.0. The monoisotopic (exact) mass is 259 g/mol. The van der Waals surface area contributed by atoms with Gasteiger partial charge in [0.2, 0.25) is 0 Å². The Morgan fingerprint density at radius 1 is 1.19 bits per heavy atom. The lowest BCUT2D eigenvalue weighted by Gasteiger charge is -2.23. The molecule has 3 heteroatoms. The van der Waals surface area contributed by atoms with Crippen LogP contribution in [0.25, 0.3) is 0 Å². The van der Waals surface area contributed by atoms with Gasteiger partial charge in [-0.2, -0.15) is 0 Å². The van der Waals surface area contributed by atoms with E-state index in [2.05, 4.69) is 19.2 Å². The fourth-order valence-electron chi connectivity index (χ4n) is 1.49. The molecule has 1 aromatic carbocycles. The van der Waals surface area contributed by atoms with E-state index in [9.17, 15) is 0 Å². The normalized spacial score (nSPS) is 11.8. The molecule has 0 saturated heterocycles. The van der Waals surface area contributed by atoms with Crippen LogP contribution in [-0.2, 0) is 6.54 Å². The van der Waals surface area contributed by atoms with E-state index < -0.39 is 0 Å². The topological polar surface area (TPSA) is 12.0 Å². The molecule has 0 heterocycles. The highest BCUT2D eigenvalue weighted by atomic mass is 35.5. The van der Waals surface area contributed by atoms with E-state index in [4.69, 9.17) is 23.2 Å². The third-order valence-electron chi connectivity index (χ3n) is 2.62. The van der Waals surface area contributed by atoms with Gasteiger partial charge in [-0.05, 0) is 29.5 Å². The molecule has 0 atom stereocenters. The maximum Gasteiger partial charge on any atom is 0.0406 e. The maximum atomic E-state index is 5.82. The summed E-state index contributed by atoms with van der Waals surface area (Å²) in [6.45, 7) is 6.31. The van der Waals surface area contributed by atoms with Gasteiger partial charge in [0.1, 0.15) is 0 Å². The smallest absolute Gasteiger partial charge is 0.0406 e. The molecule has 1 rings (SSSR count). The SMILES string of the molecule is CC(C)(CCCl)CNCc1ccc(Cl)cc1. The van der Waals surface area contributed by atoms with E-state index >= 15 is 0 Å². The lowest BCUT2D eigenvalue weighted by atomic mass is 9.90. The van der Waals surface area contributed by atoms with Crippen LogP contribution in [0.15, 0.2) is 24.3 Å². The summed E-state index contributed by atoms with van der Waals surface area (Å²) in [7, 11) is 0. The molecule has 0 unspecified atom stereocenters. The molecule has 0 saturated carbocycles. The van der Waals surface area contributed by atoms with Crippen molar-refractivity contribution in [3.63, 3.8) is 0 Å². The number of hydrogen-bond donors (Lipinski definition) is 1. The van der Waals surface area contributed by atoms with Gasteiger partial charge >= 0.3 is 0 Å². The fourth-order valence-corrected chi connectivity index (χ4v) is 2.13. The van der Waals surface area contributed by atoms with E-state index in [1.54, 1.807) is 0 Å². The molecule has 0 aliphatic rings. The number of rotatable bonds is 6. The van der Waals surface area contributed by atoms with Crippen molar-refractivity contribution in [1.29, 1.82) is 0 Å². The van der Waals surface area contributed by atoms with Gasteiger partial charge in [-0.15, -0.1) is 11.6 Å². The van der Waals surface area contributed by atoms with Gasteiger partial charge in [-0.3, -0.25) is 0 Å². The number of benzene rings is 1. The molecule has 0 radical (unpaired) electrons. The Labute approximate surface area is 108 Å². The highest BCUT2D eigenvalue weighted by molar-refractivity contribution is 6.30. The predicted octanol–water partition coefficient (Wildman–Crippen LogP) is 4.08. The van der Waals surface area contributed by atoms with Crippen molar-refractivity contribution in [3.05, 3.63) is 34.9 Å². The van der Waals surface area contributed by atoms with Crippen molar-refractivity contribution < 1.29 is 0 Å². The molecule has 0 aromatic heterocycles. The van der Waals surface area contributed by atoms with Crippen LogP contribution in [0.5, 0.6) is 0 Å². The molecule has 0 spiro atoms. The Kier molecular flexibility index (Phi) is 5.60. The van der Waals surface area contributed by atoms with Gasteiger partial charge in [-0.25, -0.2) is 0 Å². The maximum absolute atomic E-state index is 5.82. The largest absolute Gasteiger partial charge is 0.312 e. The quantitative estimate of drug-likeness (QED) is 0.760. The molecule has 0 fully saturated rings. The molecule has 0 amide bonds. The summed E-state index contributed by atoms with van der Waals surface area (Å²) in [5.74, 6) is 0.718. The van der Waals surface area contributed by atoms with Crippen LogP contribution in [0.1, 0.15) is 25.8 Å². The highest BCUT2D eigenvalue weighted by Gasteiger charge is 2.15. The Balaban J connectivity index is 2.32. The van der Waals surface area contributed by atoms with Crippen molar-refractivity contribution in [2.24, 2.45) is 5.41 Å². The lowest BCUT2D eigenvalue weighted by Crippen LogP contribution is -2.29. The van der Waals surface area contributed by atoms with Crippen LogP contribution < -0.4 is 5.32 Å². The summed E-state index contributed by atoms with van der Waals surface area (Å²) in [6, 6.07) is 7.93. The average molecular weight is 260 g/mol. The Bertz CT molecular complexity index is 306. The van der Waals surface area contributed by atoms with Gasteiger partial charge in [0, 0.05) is 24.0 Å². The number of hydrogen-bond acceptors (Lipinski definition) is 1. The molecule has 1 N–H and O–H groups in total. The van der Waals surface area contributed by atoms with Gasteiger partial charge in [0.15, 0.2) is 0 Å². The number of halogens is 2. The standard InChI is InChI=1S/C13H19Cl2N/c1-13(2,7-8-14)10-16-9-11-3-5-12(15)6-4-11/h3-6,16H,7-10H2,1-2H3. The van der Waals surface area contributed by atoms with Crippen LogP contribution in [0.4, 0.5) is 0 Å². The van der Waals surface area contributed by atoms with Gasteiger partial charge in [0.05, 0.1) is 0 Å². The number of alkyl halides is 1. The third-order valence-corrected chi connectivity index (χ3v) is 3.06. The molecule has 90 valence electrons. The Hall–Kier alpha value is -0.240. The predicted molar refractivity (Wildman–Crippen MR) is 72.3 cm³/mol. The first-order valence-corrected chi connectivity index (χ1v) is 6.46. The van der Waals surface area contributed by atoms with Crippen LogP contribution in [0, 0.1) is 5.41 Å². The van der Waals surface area contributed by atoms with Crippen LogP contribution in [-0.4, -0.2) is 12.4 Å². The number of nitrogens with one attached hydrogen (secondary N) is 1. The zero-order valence-corrected chi connectivity index (χ0v) is 11.4. The average Bonchev–Trinajstić information content (AvgIpc) is 2.20. The second-order valence-corrected chi connectivity index (χ2v) is 5.65. The summed E-state index contributed by atoms with van der Waals surface area (Å²) < 4.78 is 0. The second-order valence-electron chi connectivity index (χ2n) is 4.83. The molecule has 0 bridgehead atoms. The van der Waals surface area contributed by atoms with E-state index in [0.29, 0.717) is 0 Å². The molecule has 1 nitrogen and oxygen atoms in total. The summed E-state index contributed by atoms with van der Waals surface area (Å²) in [5, 5.41) is 4.23.